The van der Waals surface area contributed by atoms with Gasteiger partial charge < -0.3 is 4.90 Å². The van der Waals surface area contributed by atoms with E-state index in [1.807, 2.05) is 20.9 Å². The molecule has 3 rings (SSSR count). The number of piperazine rings is 1. The standard InChI is InChI=1S/C17H25N3O3S/c1-13-11-19(12-14(2)18(13)3)24(22,23)16-8-6-15(7-9-16)20-10-4-5-17(20)21/h6-9,13-14H,4-5,10-12H2,1-3H3. The molecule has 2 unspecified atom stereocenters. The molecule has 0 N–H and O–H groups in total. The van der Waals surface area contributed by atoms with Crippen LogP contribution in [0.2, 0.25) is 0 Å². The van der Waals surface area contributed by atoms with Gasteiger partial charge in [-0.1, -0.05) is 0 Å². The van der Waals surface area contributed by atoms with E-state index in [-0.39, 0.29) is 18.0 Å². The average molecular weight is 351 g/mol. The molecule has 6 nitrogen and oxygen atoms in total. The highest BCUT2D eigenvalue weighted by Gasteiger charge is 2.34. The quantitative estimate of drug-likeness (QED) is 0.829. The van der Waals surface area contributed by atoms with Crippen molar-refractivity contribution in [2.75, 3.05) is 31.6 Å². The molecule has 2 saturated heterocycles. The first-order valence-electron chi connectivity index (χ1n) is 8.43. The lowest BCUT2D eigenvalue weighted by Crippen LogP contribution is -2.56. The summed E-state index contributed by atoms with van der Waals surface area (Å²) >= 11 is 0. The molecule has 2 atom stereocenters. The number of likely N-dealkylation sites (N-methyl/N-ethyl adjacent to an activating group) is 1. The average Bonchev–Trinajstić information content (AvgIpc) is 2.98. The summed E-state index contributed by atoms with van der Waals surface area (Å²) in [6, 6.07) is 7.07. The smallest absolute Gasteiger partial charge is 0.243 e. The lowest BCUT2D eigenvalue weighted by molar-refractivity contribution is -0.117. The highest BCUT2D eigenvalue weighted by Crippen LogP contribution is 2.26. The van der Waals surface area contributed by atoms with E-state index in [1.54, 1.807) is 33.5 Å². The largest absolute Gasteiger partial charge is 0.312 e. The van der Waals surface area contributed by atoms with Crippen LogP contribution in [0.5, 0.6) is 0 Å². The Labute approximate surface area is 144 Å². The number of carbonyl (C=O) groups excluding carboxylic acids is 1. The zero-order valence-corrected chi connectivity index (χ0v) is 15.3. The number of sulfonamides is 1. The summed E-state index contributed by atoms with van der Waals surface area (Å²) in [5.74, 6) is 0.104. The number of amides is 1. The van der Waals surface area contributed by atoms with Crippen LogP contribution >= 0.6 is 0 Å². The highest BCUT2D eigenvalue weighted by atomic mass is 32.2. The number of anilines is 1. The minimum atomic E-state index is -3.50. The molecule has 0 spiro atoms. The maximum atomic E-state index is 12.9. The van der Waals surface area contributed by atoms with Crippen LogP contribution in [-0.2, 0) is 14.8 Å². The van der Waals surface area contributed by atoms with Gasteiger partial charge in [-0.15, -0.1) is 0 Å². The molecule has 1 aromatic rings. The SMILES string of the molecule is CC1CN(S(=O)(=O)c2ccc(N3CCCC3=O)cc2)CC(C)N1C. The molecular weight excluding hydrogens is 326 g/mol. The first kappa shape index (κ1) is 17.4. The number of hydrogen-bond acceptors (Lipinski definition) is 4. The Balaban J connectivity index is 1.81. The molecule has 2 heterocycles. The molecule has 1 amide bonds. The van der Waals surface area contributed by atoms with Crippen LogP contribution < -0.4 is 4.90 Å². The molecule has 24 heavy (non-hydrogen) atoms. The third-order valence-electron chi connectivity index (χ3n) is 5.19. The monoisotopic (exact) mass is 351 g/mol. The lowest BCUT2D eigenvalue weighted by Gasteiger charge is -2.41. The van der Waals surface area contributed by atoms with Crippen LogP contribution in [0.4, 0.5) is 5.69 Å². The fourth-order valence-corrected chi connectivity index (χ4v) is 5.02. The molecule has 2 fully saturated rings. The summed E-state index contributed by atoms with van der Waals surface area (Å²) in [4.78, 5) is 16.0. The summed E-state index contributed by atoms with van der Waals surface area (Å²) in [5, 5.41) is 0. The van der Waals surface area contributed by atoms with Crippen molar-refractivity contribution in [3.8, 4) is 0 Å². The number of nitrogens with zero attached hydrogens (tertiary/aromatic N) is 3. The third-order valence-corrected chi connectivity index (χ3v) is 7.03. The van der Waals surface area contributed by atoms with Gasteiger partial charge >= 0.3 is 0 Å². The molecule has 0 saturated carbocycles. The van der Waals surface area contributed by atoms with Gasteiger partial charge in [-0.05, 0) is 51.6 Å². The zero-order chi connectivity index (χ0) is 17.5. The molecule has 2 aliphatic rings. The van der Waals surface area contributed by atoms with E-state index in [9.17, 15) is 13.2 Å². The fourth-order valence-electron chi connectivity index (χ4n) is 3.42. The summed E-state index contributed by atoms with van der Waals surface area (Å²) in [6.45, 7) is 5.78. The van der Waals surface area contributed by atoms with E-state index < -0.39 is 10.0 Å². The van der Waals surface area contributed by atoms with Gasteiger partial charge in [0.1, 0.15) is 0 Å². The van der Waals surface area contributed by atoms with Gasteiger partial charge in [-0.25, -0.2) is 8.42 Å². The minimum absolute atomic E-state index is 0.104. The Hall–Kier alpha value is -1.44. The van der Waals surface area contributed by atoms with Crippen molar-refractivity contribution in [1.29, 1.82) is 0 Å². The van der Waals surface area contributed by atoms with Gasteiger partial charge in [-0.3, -0.25) is 9.69 Å². The van der Waals surface area contributed by atoms with Crippen molar-refractivity contribution >= 4 is 21.6 Å². The second-order valence-electron chi connectivity index (χ2n) is 6.83. The first-order chi connectivity index (χ1) is 11.3. The van der Waals surface area contributed by atoms with Gasteiger partial charge in [0.15, 0.2) is 0 Å². The predicted octanol–water partition coefficient (Wildman–Crippen LogP) is 1.53. The van der Waals surface area contributed by atoms with Crippen molar-refractivity contribution in [2.45, 2.75) is 43.7 Å². The number of rotatable bonds is 3. The van der Waals surface area contributed by atoms with Crippen molar-refractivity contribution in [1.82, 2.24) is 9.21 Å². The van der Waals surface area contributed by atoms with Crippen molar-refractivity contribution < 1.29 is 13.2 Å². The van der Waals surface area contributed by atoms with Crippen molar-refractivity contribution in [3.63, 3.8) is 0 Å². The Kier molecular flexibility index (Phi) is 4.68. The molecule has 2 aliphatic heterocycles. The number of benzene rings is 1. The predicted molar refractivity (Wildman–Crippen MR) is 93.5 cm³/mol. The van der Waals surface area contributed by atoms with Crippen LogP contribution in [0.3, 0.4) is 0 Å². The second kappa shape index (κ2) is 6.46. The Morgan fingerprint density at radius 3 is 2.12 bits per heavy atom. The van der Waals surface area contributed by atoms with Crippen LogP contribution in [0.25, 0.3) is 0 Å². The Bertz CT molecular complexity index is 705. The molecule has 0 aromatic heterocycles. The maximum absolute atomic E-state index is 12.9. The summed E-state index contributed by atoms with van der Waals surface area (Å²) in [5.41, 5.74) is 0.775. The van der Waals surface area contributed by atoms with E-state index in [0.717, 1.165) is 12.1 Å². The second-order valence-corrected chi connectivity index (χ2v) is 8.77. The van der Waals surface area contributed by atoms with Crippen molar-refractivity contribution in [2.24, 2.45) is 0 Å². The van der Waals surface area contributed by atoms with E-state index >= 15 is 0 Å². The summed E-state index contributed by atoms with van der Waals surface area (Å²) < 4.78 is 27.4. The normalized spacial score (nSPS) is 27.0. The van der Waals surface area contributed by atoms with E-state index in [2.05, 4.69) is 4.90 Å². The number of carbonyl (C=O) groups is 1. The zero-order valence-electron chi connectivity index (χ0n) is 14.5. The molecule has 0 radical (unpaired) electrons. The Morgan fingerprint density at radius 1 is 1.04 bits per heavy atom. The van der Waals surface area contributed by atoms with E-state index in [1.165, 1.54) is 0 Å². The molecule has 0 aliphatic carbocycles. The molecular formula is C17H25N3O3S. The maximum Gasteiger partial charge on any atom is 0.243 e. The lowest BCUT2D eigenvalue weighted by atomic mass is 10.1. The van der Waals surface area contributed by atoms with Gasteiger partial charge in [0.2, 0.25) is 15.9 Å². The van der Waals surface area contributed by atoms with E-state index in [4.69, 9.17) is 0 Å². The topological polar surface area (TPSA) is 60.9 Å². The Morgan fingerprint density at radius 2 is 1.62 bits per heavy atom. The van der Waals surface area contributed by atoms with Gasteiger partial charge in [-0.2, -0.15) is 4.31 Å². The summed E-state index contributed by atoms with van der Waals surface area (Å²) in [6.07, 6.45) is 1.42. The third kappa shape index (κ3) is 3.08. The molecule has 132 valence electrons. The van der Waals surface area contributed by atoms with Crippen molar-refractivity contribution in [3.05, 3.63) is 24.3 Å². The van der Waals surface area contributed by atoms with Crippen LogP contribution in [0.15, 0.2) is 29.2 Å². The van der Waals surface area contributed by atoms with Gasteiger partial charge in [0, 0.05) is 43.8 Å². The summed E-state index contributed by atoms with van der Waals surface area (Å²) in [7, 11) is -1.47. The van der Waals surface area contributed by atoms with Crippen LogP contribution in [-0.4, -0.2) is 62.3 Å². The first-order valence-corrected chi connectivity index (χ1v) is 9.87. The van der Waals surface area contributed by atoms with Gasteiger partial charge in [0.05, 0.1) is 4.90 Å². The van der Waals surface area contributed by atoms with E-state index in [0.29, 0.717) is 31.0 Å². The fraction of sp³-hybridized carbons (Fsp3) is 0.588. The number of hydrogen-bond donors (Lipinski definition) is 0. The highest BCUT2D eigenvalue weighted by molar-refractivity contribution is 7.89. The van der Waals surface area contributed by atoms with Crippen LogP contribution in [0.1, 0.15) is 26.7 Å². The molecule has 7 heteroatoms. The molecule has 1 aromatic carbocycles. The van der Waals surface area contributed by atoms with Gasteiger partial charge in [0.25, 0.3) is 0 Å². The minimum Gasteiger partial charge on any atom is -0.312 e. The van der Waals surface area contributed by atoms with Crippen LogP contribution in [0, 0.1) is 0 Å². The molecule has 0 bridgehead atoms.